The fraction of sp³-hybridized carbons (Fsp3) is 0.222. The lowest BCUT2D eigenvalue weighted by Gasteiger charge is -2.20. The van der Waals surface area contributed by atoms with E-state index in [1.807, 2.05) is 12.1 Å². The second kappa shape index (κ2) is 3.47. The molecule has 0 spiro atoms. The Kier molecular flexibility index (Phi) is 2.73. The molecule has 1 atom stereocenters. The SMILES string of the molecule is C[C@@](N)(C(N)=O)c1ccc(Br)cc1. The smallest absolute Gasteiger partial charge is 0.241 e. The molecule has 1 amide bonds. The molecule has 4 heteroatoms. The van der Waals surface area contributed by atoms with Gasteiger partial charge in [-0.05, 0) is 24.6 Å². The van der Waals surface area contributed by atoms with Crippen molar-refractivity contribution in [3.63, 3.8) is 0 Å². The number of benzene rings is 1. The number of hydrogen-bond donors (Lipinski definition) is 2. The molecular weight excluding hydrogens is 232 g/mol. The fourth-order valence-corrected chi connectivity index (χ4v) is 1.20. The summed E-state index contributed by atoms with van der Waals surface area (Å²) < 4.78 is 0.941. The molecule has 4 N–H and O–H groups in total. The van der Waals surface area contributed by atoms with E-state index in [2.05, 4.69) is 15.9 Å². The standard InChI is InChI=1S/C9H11BrN2O/c1-9(12,8(11)13)6-2-4-7(10)5-3-6/h2-5H,12H2,1H3,(H2,11,13)/t9-/m0/s1. The molecule has 0 fully saturated rings. The van der Waals surface area contributed by atoms with E-state index >= 15 is 0 Å². The van der Waals surface area contributed by atoms with E-state index in [0.29, 0.717) is 5.56 Å². The summed E-state index contributed by atoms with van der Waals surface area (Å²) in [5.41, 5.74) is 10.5. The summed E-state index contributed by atoms with van der Waals surface area (Å²) in [4.78, 5) is 11.0. The Hall–Kier alpha value is -0.870. The maximum atomic E-state index is 11.0. The van der Waals surface area contributed by atoms with Gasteiger partial charge in [0.15, 0.2) is 0 Å². The Morgan fingerprint density at radius 3 is 2.23 bits per heavy atom. The van der Waals surface area contributed by atoms with Crippen LogP contribution in [0.25, 0.3) is 0 Å². The topological polar surface area (TPSA) is 69.1 Å². The average molecular weight is 243 g/mol. The highest BCUT2D eigenvalue weighted by molar-refractivity contribution is 9.10. The van der Waals surface area contributed by atoms with Crippen molar-refractivity contribution >= 4 is 21.8 Å². The maximum absolute atomic E-state index is 11.0. The summed E-state index contributed by atoms with van der Waals surface area (Å²) in [5, 5.41) is 0. The van der Waals surface area contributed by atoms with Crippen LogP contribution >= 0.6 is 15.9 Å². The summed E-state index contributed by atoms with van der Waals surface area (Å²) in [6.07, 6.45) is 0. The lowest BCUT2D eigenvalue weighted by Crippen LogP contribution is -2.46. The number of carbonyl (C=O) groups excluding carboxylic acids is 1. The van der Waals surface area contributed by atoms with Crippen LogP contribution in [-0.4, -0.2) is 5.91 Å². The lowest BCUT2D eigenvalue weighted by atomic mass is 9.93. The summed E-state index contributed by atoms with van der Waals surface area (Å²) in [5.74, 6) is -0.533. The normalized spacial score (nSPS) is 15.0. The average Bonchev–Trinajstić information content (AvgIpc) is 2.04. The largest absolute Gasteiger partial charge is 0.368 e. The molecule has 0 unspecified atom stereocenters. The van der Waals surface area contributed by atoms with Crippen LogP contribution in [0.5, 0.6) is 0 Å². The highest BCUT2D eigenvalue weighted by Crippen LogP contribution is 2.19. The Balaban J connectivity index is 3.08. The van der Waals surface area contributed by atoms with Crippen molar-refractivity contribution in [2.75, 3.05) is 0 Å². The molecule has 0 saturated carbocycles. The Morgan fingerprint density at radius 2 is 1.85 bits per heavy atom. The lowest BCUT2D eigenvalue weighted by molar-refractivity contribution is -0.122. The van der Waals surface area contributed by atoms with Gasteiger partial charge in [-0.3, -0.25) is 4.79 Å². The van der Waals surface area contributed by atoms with Crippen LogP contribution < -0.4 is 11.5 Å². The van der Waals surface area contributed by atoms with Crippen molar-refractivity contribution in [1.82, 2.24) is 0 Å². The molecule has 70 valence electrons. The van der Waals surface area contributed by atoms with Gasteiger partial charge in [0.2, 0.25) is 5.91 Å². The highest BCUT2D eigenvalue weighted by Gasteiger charge is 2.27. The number of primary amides is 1. The first-order chi connectivity index (χ1) is 5.94. The van der Waals surface area contributed by atoms with Crippen molar-refractivity contribution in [3.8, 4) is 0 Å². The van der Waals surface area contributed by atoms with Crippen molar-refractivity contribution in [2.45, 2.75) is 12.5 Å². The summed E-state index contributed by atoms with van der Waals surface area (Å²) in [7, 11) is 0. The summed E-state index contributed by atoms with van der Waals surface area (Å²) >= 11 is 3.29. The number of halogens is 1. The molecule has 0 aromatic heterocycles. The van der Waals surface area contributed by atoms with E-state index in [9.17, 15) is 4.79 Å². The zero-order valence-corrected chi connectivity index (χ0v) is 8.84. The van der Waals surface area contributed by atoms with Crippen LogP contribution in [-0.2, 0) is 10.3 Å². The number of hydrogen-bond acceptors (Lipinski definition) is 2. The quantitative estimate of drug-likeness (QED) is 0.816. The molecule has 1 rings (SSSR count). The second-order valence-corrected chi connectivity index (χ2v) is 3.99. The van der Waals surface area contributed by atoms with Crippen LogP contribution in [0.15, 0.2) is 28.7 Å². The van der Waals surface area contributed by atoms with Crippen molar-refractivity contribution in [1.29, 1.82) is 0 Å². The zero-order valence-electron chi connectivity index (χ0n) is 7.25. The van der Waals surface area contributed by atoms with Gasteiger partial charge in [0, 0.05) is 4.47 Å². The van der Waals surface area contributed by atoms with Crippen molar-refractivity contribution < 1.29 is 4.79 Å². The van der Waals surface area contributed by atoms with Crippen LogP contribution in [0.4, 0.5) is 0 Å². The molecule has 0 aliphatic heterocycles. The van der Waals surface area contributed by atoms with E-state index in [4.69, 9.17) is 11.5 Å². The molecule has 13 heavy (non-hydrogen) atoms. The molecular formula is C9H11BrN2O. The van der Waals surface area contributed by atoms with E-state index in [1.54, 1.807) is 19.1 Å². The predicted molar refractivity (Wildman–Crippen MR) is 54.9 cm³/mol. The molecule has 1 aromatic rings. The predicted octanol–water partition coefficient (Wildman–Crippen LogP) is 1.11. The molecule has 0 saturated heterocycles. The molecule has 0 radical (unpaired) electrons. The van der Waals surface area contributed by atoms with Gasteiger partial charge in [-0.1, -0.05) is 28.1 Å². The number of nitrogens with two attached hydrogens (primary N) is 2. The molecule has 0 bridgehead atoms. The number of rotatable bonds is 2. The molecule has 0 aliphatic carbocycles. The van der Waals surface area contributed by atoms with E-state index in [-0.39, 0.29) is 0 Å². The Morgan fingerprint density at radius 1 is 1.38 bits per heavy atom. The second-order valence-electron chi connectivity index (χ2n) is 3.07. The van der Waals surface area contributed by atoms with Gasteiger partial charge in [0.25, 0.3) is 0 Å². The first-order valence-corrected chi connectivity index (χ1v) is 4.58. The van der Waals surface area contributed by atoms with E-state index < -0.39 is 11.4 Å². The van der Waals surface area contributed by atoms with Crippen LogP contribution in [0, 0.1) is 0 Å². The van der Waals surface area contributed by atoms with Gasteiger partial charge >= 0.3 is 0 Å². The number of amides is 1. The third-order valence-electron chi connectivity index (χ3n) is 1.96. The third-order valence-corrected chi connectivity index (χ3v) is 2.48. The molecule has 1 aromatic carbocycles. The summed E-state index contributed by atoms with van der Waals surface area (Å²) in [6, 6.07) is 7.19. The monoisotopic (exact) mass is 242 g/mol. The van der Waals surface area contributed by atoms with Gasteiger partial charge in [0.1, 0.15) is 5.54 Å². The minimum absolute atomic E-state index is 0.533. The van der Waals surface area contributed by atoms with Gasteiger partial charge in [-0.25, -0.2) is 0 Å². The molecule has 3 nitrogen and oxygen atoms in total. The van der Waals surface area contributed by atoms with Gasteiger partial charge < -0.3 is 11.5 Å². The Labute approximate surface area is 85.2 Å². The van der Waals surface area contributed by atoms with E-state index in [0.717, 1.165) is 4.47 Å². The summed E-state index contributed by atoms with van der Waals surface area (Å²) in [6.45, 7) is 1.60. The van der Waals surface area contributed by atoms with Gasteiger partial charge in [-0.2, -0.15) is 0 Å². The highest BCUT2D eigenvalue weighted by atomic mass is 79.9. The van der Waals surface area contributed by atoms with Crippen molar-refractivity contribution in [3.05, 3.63) is 34.3 Å². The zero-order chi connectivity index (χ0) is 10.1. The minimum atomic E-state index is -1.10. The first-order valence-electron chi connectivity index (χ1n) is 3.79. The third kappa shape index (κ3) is 2.08. The first kappa shape index (κ1) is 10.2. The Bertz CT molecular complexity index is 319. The maximum Gasteiger partial charge on any atom is 0.241 e. The van der Waals surface area contributed by atoms with Gasteiger partial charge in [0.05, 0.1) is 0 Å². The van der Waals surface area contributed by atoms with Crippen LogP contribution in [0.2, 0.25) is 0 Å². The minimum Gasteiger partial charge on any atom is -0.368 e. The van der Waals surface area contributed by atoms with Crippen LogP contribution in [0.1, 0.15) is 12.5 Å². The fourth-order valence-electron chi connectivity index (χ4n) is 0.938. The van der Waals surface area contributed by atoms with E-state index in [1.165, 1.54) is 0 Å². The molecule has 0 aliphatic rings. The van der Waals surface area contributed by atoms with Crippen molar-refractivity contribution in [2.24, 2.45) is 11.5 Å². The molecule has 0 heterocycles. The van der Waals surface area contributed by atoms with Crippen LogP contribution in [0.3, 0.4) is 0 Å². The number of carbonyl (C=O) groups is 1. The van der Waals surface area contributed by atoms with Gasteiger partial charge in [-0.15, -0.1) is 0 Å².